The van der Waals surface area contributed by atoms with E-state index in [9.17, 15) is 20.0 Å². The molecule has 0 radical (unpaired) electrons. The normalized spacial score (nSPS) is 16.9. The average Bonchev–Trinajstić information content (AvgIpc) is 3.24. The summed E-state index contributed by atoms with van der Waals surface area (Å²) in [6.45, 7) is 1.80. The highest BCUT2D eigenvalue weighted by molar-refractivity contribution is 8.18. The molecule has 0 bridgehead atoms. The summed E-state index contributed by atoms with van der Waals surface area (Å²) in [5.41, 5.74) is 0.274. The number of aliphatic imine (C=N–C) groups is 1. The van der Waals surface area contributed by atoms with Gasteiger partial charge in [0.15, 0.2) is 0 Å². The molecule has 0 unspecified atom stereocenters. The Kier molecular flexibility index (Phi) is 5.41. The van der Waals surface area contributed by atoms with E-state index in [0.717, 1.165) is 11.8 Å². The molecule has 9 heteroatoms. The molecule has 1 aliphatic heterocycles. The molecular formula is C18H14N2O6S. The van der Waals surface area contributed by atoms with Crippen molar-refractivity contribution >= 4 is 40.2 Å². The standard InChI is InChI=1S/C18H14N2O6S/c1-2-25-18(22)15-16(21)14(10-13-4-3-9-26-13)27-17(15)19-11-5-7-12(8-6-11)20(23)24/h3-10,21H,2H2,1H3/b14-10-,19-17?. The fourth-order valence-corrected chi connectivity index (χ4v) is 3.28. The first-order valence-corrected chi connectivity index (χ1v) is 8.68. The highest BCUT2D eigenvalue weighted by Crippen LogP contribution is 2.40. The number of furan rings is 1. The summed E-state index contributed by atoms with van der Waals surface area (Å²) in [7, 11) is 0. The Morgan fingerprint density at radius 2 is 2.11 bits per heavy atom. The van der Waals surface area contributed by atoms with Crippen LogP contribution in [0.25, 0.3) is 6.08 Å². The molecule has 2 heterocycles. The number of nitro groups is 1. The Morgan fingerprint density at radius 3 is 2.70 bits per heavy atom. The molecule has 1 aromatic carbocycles. The van der Waals surface area contributed by atoms with Crippen LogP contribution < -0.4 is 0 Å². The van der Waals surface area contributed by atoms with Gasteiger partial charge < -0.3 is 14.3 Å². The average molecular weight is 386 g/mol. The maximum Gasteiger partial charge on any atom is 0.344 e. The minimum absolute atomic E-state index is 0.0574. The number of nitrogens with zero attached hydrogens (tertiary/aromatic N) is 2. The van der Waals surface area contributed by atoms with Crippen molar-refractivity contribution in [2.75, 3.05) is 6.61 Å². The molecule has 0 spiro atoms. The van der Waals surface area contributed by atoms with Crippen LogP contribution in [0.5, 0.6) is 0 Å². The molecule has 2 aromatic rings. The predicted molar refractivity (Wildman–Crippen MR) is 101 cm³/mol. The number of hydrogen-bond donors (Lipinski definition) is 1. The van der Waals surface area contributed by atoms with E-state index in [2.05, 4.69) is 4.99 Å². The van der Waals surface area contributed by atoms with Crippen molar-refractivity contribution in [3.05, 3.63) is 74.8 Å². The Labute approximate surface area is 158 Å². The van der Waals surface area contributed by atoms with Gasteiger partial charge in [0.1, 0.15) is 22.1 Å². The fraction of sp³-hybridized carbons (Fsp3) is 0.111. The molecule has 0 saturated carbocycles. The molecular weight excluding hydrogens is 372 g/mol. The molecule has 0 fully saturated rings. The van der Waals surface area contributed by atoms with Gasteiger partial charge in [-0.15, -0.1) is 0 Å². The van der Waals surface area contributed by atoms with Crippen LogP contribution in [-0.2, 0) is 9.53 Å². The number of hydrogen-bond acceptors (Lipinski definition) is 8. The van der Waals surface area contributed by atoms with Crippen molar-refractivity contribution in [3.63, 3.8) is 0 Å². The summed E-state index contributed by atoms with van der Waals surface area (Å²) in [6.07, 6.45) is 3.07. The number of carbonyl (C=O) groups is 1. The molecule has 8 nitrogen and oxygen atoms in total. The van der Waals surface area contributed by atoms with Gasteiger partial charge >= 0.3 is 5.97 Å². The number of ether oxygens (including phenoxy) is 1. The van der Waals surface area contributed by atoms with E-state index in [1.165, 1.54) is 30.5 Å². The van der Waals surface area contributed by atoms with Gasteiger partial charge in [-0.25, -0.2) is 9.79 Å². The lowest BCUT2D eigenvalue weighted by molar-refractivity contribution is -0.384. The number of non-ortho nitro benzene ring substituents is 1. The molecule has 3 rings (SSSR count). The Hall–Kier alpha value is -3.33. The zero-order chi connectivity index (χ0) is 19.4. The third-order valence-corrected chi connectivity index (χ3v) is 4.50. The van der Waals surface area contributed by atoms with Gasteiger partial charge in [0, 0.05) is 12.1 Å². The highest BCUT2D eigenvalue weighted by atomic mass is 32.2. The first kappa shape index (κ1) is 18.5. The zero-order valence-corrected chi connectivity index (χ0v) is 14.9. The van der Waals surface area contributed by atoms with Gasteiger partial charge in [-0.1, -0.05) is 11.8 Å². The first-order valence-electron chi connectivity index (χ1n) is 7.87. The van der Waals surface area contributed by atoms with Crippen LogP contribution in [0.15, 0.2) is 68.3 Å². The Bertz CT molecular complexity index is 958. The third-order valence-electron chi connectivity index (χ3n) is 3.48. The van der Waals surface area contributed by atoms with Gasteiger partial charge in [-0.3, -0.25) is 10.1 Å². The van der Waals surface area contributed by atoms with Crippen molar-refractivity contribution in [1.29, 1.82) is 0 Å². The molecule has 1 aromatic heterocycles. The van der Waals surface area contributed by atoms with E-state index in [1.54, 1.807) is 25.1 Å². The van der Waals surface area contributed by atoms with Crippen molar-refractivity contribution in [1.82, 2.24) is 0 Å². The zero-order valence-electron chi connectivity index (χ0n) is 14.1. The minimum Gasteiger partial charge on any atom is -0.506 e. The molecule has 1 N–H and O–H groups in total. The van der Waals surface area contributed by atoms with Crippen LogP contribution in [0, 0.1) is 10.1 Å². The first-order chi connectivity index (χ1) is 13.0. The smallest absolute Gasteiger partial charge is 0.344 e. The molecule has 1 aliphatic rings. The van der Waals surface area contributed by atoms with Crippen molar-refractivity contribution in [2.45, 2.75) is 6.92 Å². The third kappa shape index (κ3) is 4.09. The monoisotopic (exact) mass is 386 g/mol. The number of esters is 1. The number of aliphatic hydroxyl groups excluding tert-OH is 1. The second-order valence-electron chi connectivity index (χ2n) is 5.26. The summed E-state index contributed by atoms with van der Waals surface area (Å²) in [5.74, 6) is -0.453. The van der Waals surface area contributed by atoms with E-state index in [1.807, 2.05) is 0 Å². The van der Waals surface area contributed by atoms with Crippen LogP contribution in [0.3, 0.4) is 0 Å². The molecule has 0 saturated heterocycles. The van der Waals surface area contributed by atoms with Gasteiger partial charge in [0.05, 0.1) is 28.4 Å². The second-order valence-corrected chi connectivity index (χ2v) is 6.29. The topological polar surface area (TPSA) is 115 Å². The highest BCUT2D eigenvalue weighted by Gasteiger charge is 2.33. The number of thioether (sulfide) groups is 1. The lowest BCUT2D eigenvalue weighted by Gasteiger charge is -2.03. The number of nitro benzene ring substituents is 1. The summed E-state index contributed by atoms with van der Waals surface area (Å²) < 4.78 is 10.2. The van der Waals surface area contributed by atoms with Crippen molar-refractivity contribution in [3.8, 4) is 0 Å². The number of aliphatic hydroxyl groups is 1. The summed E-state index contributed by atoms with van der Waals surface area (Å²) in [4.78, 5) is 27.2. The largest absolute Gasteiger partial charge is 0.506 e. The second kappa shape index (κ2) is 7.92. The SMILES string of the molecule is CCOC(=O)C1=C(O)/C(=C/c2ccco2)SC1=Nc1ccc([N+](=O)[O-])cc1. The fourth-order valence-electron chi connectivity index (χ4n) is 2.26. The molecule has 27 heavy (non-hydrogen) atoms. The van der Waals surface area contributed by atoms with Gasteiger partial charge in [0.2, 0.25) is 0 Å². The molecule has 0 amide bonds. The number of rotatable bonds is 5. The predicted octanol–water partition coefficient (Wildman–Crippen LogP) is 4.38. The maximum atomic E-state index is 12.3. The van der Waals surface area contributed by atoms with E-state index < -0.39 is 10.9 Å². The van der Waals surface area contributed by atoms with Crippen LogP contribution in [0.1, 0.15) is 12.7 Å². The van der Waals surface area contributed by atoms with Crippen molar-refractivity contribution in [2.24, 2.45) is 4.99 Å². The molecule has 0 aliphatic carbocycles. The molecule has 138 valence electrons. The van der Waals surface area contributed by atoms with Gasteiger partial charge in [-0.2, -0.15) is 0 Å². The Balaban J connectivity index is 2.00. The van der Waals surface area contributed by atoms with Crippen LogP contribution in [0.2, 0.25) is 0 Å². The molecule has 0 atom stereocenters. The summed E-state index contributed by atoms with van der Waals surface area (Å²) in [6, 6.07) is 8.94. The summed E-state index contributed by atoms with van der Waals surface area (Å²) >= 11 is 1.08. The van der Waals surface area contributed by atoms with Crippen LogP contribution >= 0.6 is 11.8 Å². The van der Waals surface area contributed by atoms with Gasteiger partial charge in [0.25, 0.3) is 5.69 Å². The Morgan fingerprint density at radius 1 is 1.37 bits per heavy atom. The summed E-state index contributed by atoms with van der Waals surface area (Å²) in [5, 5.41) is 21.5. The van der Waals surface area contributed by atoms with E-state index in [4.69, 9.17) is 9.15 Å². The number of carbonyl (C=O) groups excluding carboxylic acids is 1. The number of benzene rings is 1. The van der Waals surface area contributed by atoms with Crippen LogP contribution in [-0.4, -0.2) is 27.6 Å². The lowest BCUT2D eigenvalue weighted by Crippen LogP contribution is -2.12. The lowest BCUT2D eigenvalue weighted by atomic mass is 10.2. The van der Waals surface area contributed by atoms with Crippen molar-refractivity contribution < 1.29 is 24.0 Å². The minimum atomic E-state index is -0.703. The maximum absolute atomic E-state index is 12.3. The quantitative estimate of drug-likeness (QED) is 0.460. The van der Waals surface area contributed by atoms with E-state index >= 15 is 0 Å². The van der Waals surface area contributed by atoms with E-state index in [-0.39, 0.29) is 28.7 Å². The van der Waals surface area contributed by atoms with Gasteiger partial charge in [-0.05, 0) is 37.3 Å². The van der Waals surface area contributed by atoms with E-state index in [0.29, 0.717) is 16.4 Å². The van der Waals surface area contributed by atoms with Crippen LogP contribution in [0.4, 0.5) is 11.4 Å².